The summed E-state index contributed by atoms with van der Waals surface area (Å²) < 4.78 is 39.2. The monoisotopic (exact) mass is 386 g/mol. The molecular formula is C23H25F3N2. The van der Waals surface area contributed by atoms with E-state index in [1.165, 1.54) is 50.3 Å². The van der Waals surface area contributed by atoms with Gasteiger partial charge in [-0.1, -0.05) is 44.0 Å². The molecule has 0 amide bonds. The second-order valence-electron chi connectivity index (χ2n) is 7.46. The summed E-state index contributed by atoms with van der Waals surface area (Å²) in [5.74, 6) is -2.44. The minimum Gasteiger partial charge on any atom is -0.204 e. The van der Waals surface area contributed by atoms with Crippen molar-refractivity contribution in [3.05, 3.63) is 70.5 Å². The summed E-state index contributed by atoms with van der Waals surface area (Å²) >= 11 is 0. The molecule has 1 aliphatic carbocycles. The maximum Gasteiger partial charge on any atom is 0.194 e. The molecule has 2 nitrogen and oxygen atoms in total. The molecule has 0 aliphatic heterocycles. The van der Waals surface area contributed by atoms with E-state index < -0.39 is 17.5 Å². The van der Waals surface area contributed by atoms with Crippen LogP contribution in [0.4, 0.5) is 13.2 Å². The van der Waals surface area contributed by atoms with Gasteiger partial charge in [-0.3, -0.25) is 0 Å². The van der Waals surface area contributed by atoms with Gasteiger partial charge in [-0.2, -0.15) is 10.2 Å². The van der Waals surface area contributed by atoms with Crippen molar-refractivity contribution in [3.8, 4) is 0 Å². The number of halogens is 3. The predicted octanol–water partition coefficient (Wildman–Crippen LogP) is 6.63. The lowest BCUT2D eigenvalue weighted by Gasteiger charge is -2.28. The molecule has 0 unspecified atom stereocenters. The molecule has 0 atom stereocenters. The van der Waals surface area contributed by atoms with Gasteiger partial charge < -0.3 is 0 Å². The Morgan fingerprint density at radius 3 is 2.00 bits per heavy atom. The van der Waals surface area contributed by atoms with Gasteiger partial charge in [0.2, 0.25) is 0 Å². The molecule has 0 aromatic heterocycles. The second-order valence-corrected chi connectivity index (χ2v) is 7.46. The maximum atomic E-state index is 13.2. The summed E-state index contributed by atoms with van der Waals surface area (Å²) in [6, 6.07) is 10.0. The minimum atomic E-state index is -1.49. The number of hydrogen-bond donors (Lipinski definition) is 0. The fourth-order valence-electron chi connectivity index (χ4n) is 3.90. The Labute approximate surface area is 164 Å². The third-order valence-electron chi connectivity index (χ3n) is 5.44. The normalized spacial score (nSPS) is 20.3. The molecule has 0 heterocycles. The zero-order valence-electron chi connectivity index (χ0n) is 16.0. The van der Waals surface area contributed by atoms with Crippen LogP contribution in [-0.4, -0.2) is 12.4 Å². The van der Waals surface area contributed by atoms with E-state index in [0.29, 0.717) is 5.92 Å². The van der Waals surface area contributed by atoms with Gasteiger partial charge in [-0.05, 0) is 60.8 Å². The molecule has 0 bridgehead atoms. The van der Waals surface area contributed by atoms with Crippen molar-refractivity contribution in [2.75, 3.05) is 0 Å². The lowest BCUT2D eigenvalue weighted by molar-refractivity contribution is 0.308. The van der Waals surface area contributed by atoms with Crippen LogP contribution >= 0.6 is 0 Å². The van der Waals surface area contributed by atoms with Crippen molar-refractivity contribution in [2.24, 2.45) is 16.1 Å². The molecule has 1 saturated carbocycles. The highest BCUT2D eigenvalue weighted by Gasteiger charge is 2.21. The predicted molar refractivity (Wildman–Crippen MR) is 108 cm³/mol. The molecule has 28 heavy (non-hydrogen) atoms. The molecule has 5 heteroatoms. The van der Waals surface area contributed by atoms with E-state index in [1.807, 2.05) is 12.1 Å². The zero-order chi connectivity index (χ0) is 19.9. The summed E-state index contributed by atoms with van der Waals surface area (Å²) in [6.07, 6.45) is 10.5. The number of nitrogens with zero attached hydrogens (tertiary/aromatic N) is 2. The Morgan fingerprint density at radius 1 is 0.857 bits per heavy atom. The average molecular weight is 386 g/mol. The highest BCUT2D eigenvalue weighted by Crippen LogP contribution is 2.37. The molecule has 2 aromatic carbocycles. The van der Waals surface area contributed by atoms with Crippen molar-refractivity contribution >= 4 is 12.4 Å². The highest BCUT2D eigenvalue weighted by molar-refractivity contribution is 5.82. The number of benzene rings is 2. The van der Waals surface area contributed by atoms with Crippen LogP contribution in [0.5, 0.6) is 0 Å². The van der Waals surface area contributed by atoms with E-state index >= 15 is 0 Å². The average Bonchev–Trinajstić information content (AvgIpc) is 2.71. The second kappa shape index (κ2) is 9.67. The Morgan fingerprint density at radius 2 is 1.43 bits per heavy atom. The molecule has 3 rings (SSSR count). The van der Waals surface area contributed by atoms with Crippen molar-refractivity contribution in [1.82, 2.24) is 0 Å². The number of hydrogen-bond acceptors (Lipinski definition) is 2. The van der Waals surface area contributed by atoms with Gasteiger partial charge in [0, 0.05) is 5.56 Å². The summed E-state index contributed by atoms with van der Waals surface area (Å²) in [5, 5.41) is 7.67. The quantitative estimate of drug-likeness (QED) is 0.302. The Balaban J connectivity index is 1.56. The largest absolute Gasteiger partial charge is 0.204 e. The van der Waals surface area contributed by atoms with E-state index in [4.69, 9.17) is 0 Å². The molecular weight excluding hydrogens is 361 g/mol. The molecule has 0 N–H and O–H groups in total. The maximum absolute atomic E-state index is 13.2. The summed E-state index contributed by atoms with van der Waals surface area (Å²) in [7, 11) is 0. The fraction of sp³-hybridized carbons (Fsp3) is 0.391. The van der Waals surface area contributed by atoms with E-state index in [0.717, 1.165) is 23.6 Å². The first-order valence-corrected chi connectivity index (χ1v) is 9.87. The highest BCUT2D eigenvalue weighted by atomic mass is 19.2. The van der Waals surface area contributed by atoms with E-state index in [2.05, 4.69) is 29.3 Å². The molecule has 1 fully saturated rings. The molecule has 2 aromatic rings. The zero-order valence-corrected chi connectivity index (χ0v) is 16.0. The molecule has 148 valence electrons. The van der Waals surface area contributed by atoms with Gasteiger partial charge in [-0.15, -0.1) is 0 Å². The van der Waals surface area contributed by atoms with Crippen LogP contribution in [0.25, 0.3) is 0 Å². The first-order chi connectivity index (χ1) is 13.6. The molecule has 0 saturated heterocycles. The first-order valence-electron chi connectivity index (χ1n) is 9.87. The van der Waals surface area contributed by atoms with Crippen molar-refractivity contribution in [2.45, 2.75) is 51.4 Å². The van der Waals surface area contributed by atoms with Gasteiger partial charge in [0.15, 0.2) is 17.5 Å². The van der Waals surface area contributed by atoms with Crippen LogP contribution in [0.15, 0.2) is 46.6 Å². The third-order valence-corrected chi connectivity index (χ3v) is 5.44. The topological polar surface area (TPSA) is 24.7 Å². The van der Waals surface area contributed by atoms with Crippen LogP contribution in [0.2, 0.25) is 0 Å². The number of rotatable bonds is 6. The SMILES string of the molecule is CCCC1CCC(c2ccc(C=NN=Cc3cc(F)c(F)c(F)c3)cc2)CC1. The van der Waals surface area contributed by atoms with Gasteiger partial charge in [-0.25, -0.2) is 13.2 Å². The minimum absolute atomic E-state index is 0.113. The van der Waals surface area contributed by atoms with Crippen LogP contribution in [0.3, 0.4) is 0 Å². The molecule has 1 aliphatic rings. The van der Waals surface area contributed by atoms with Gasteiger partial charge in [0.05, 0.1) is 12.4 Å². The molecule has 0 spiro atoms. The van der Waals surface area contributed by atoms with Crippen LogP contribution in [-0.2, 0) is 0 Å². The van der Waals surface area contributed by atoms with Crippen LogP contribution < -0.4 is 0 Å². The lowest BCUT2D eigenvalue weighted by Crippen LogP contribution is -2.13. The van der Waals surface area contributed by atoms with Crippen molar-refractivity contribution in [1.29, 1.82) is 0 Å². The Hall–Kier alpha value is -2.43. The van der Waals surface area contributed by atoms with Gasteiger partial charge in [0.1, 0.15) is 0 Å². The van der Waals surface area contributed by atoms with E-state index in [1.54, 1.807) is 6.21 Å². The third kappa shape index (κ3) is 5.31. The van der Waals surface area contributed by atoms with Crippen LogP contribution in [0.1, 0.15) is 68.1 Å². The summed E-state index contributed by atoms with van der Waals surface area (Å²) in [6.45, 7) is 2.26. The smallest absolute Gasteiger partial charge is 0.194 e. The Kier molecular flexibility index (Phi) is 7.01. The Bertz CT molecular complexity index is 812. The van der Waals surface area contributed by atoms with Gasteiger partial charge in [0.25, 0.3) is 0 Å². The summed E-state index contributed by atoms with van der Waals surface area (Å²) in [4.78, 5) is 0. The first kappa shape index (κ1) is 20.3. The van der Waals surface area contributed by atoms with E-state index in [9.17, 15) is 13.2 Å². The van der Waals surface area contributed by atoms with Crippen molar-refractivity contribution in [3.63, 3.8) is 0 Å². The molecule has 0 radical (unpaired) electrons. The van der Waals surface area contributed by atoms with E-state index in [-0.39, 0.29) is 5.56 Å². The standard InChI is InChI=1S/C23H25F3N2/c1-2-3-16-4-8-19(9-5-16)20-10-6-17(7-11-20)14-27-28-15-18-12-21(24)23(26)22(25)13-18/h6-7,10-16,19H,2-5,8-9H2,1H3. The van der Waals surface area contributed by atoms with Crippen molar-refractivity contribution < 1.29 is 13.2 Å². The fourth-order valence-corrected chi connectivity index (χ4v) is 3.90. The lowest BCUT2D eigenvalue weighted by atomic mass is 9.77. The summed E-state index contributed by atoms with van der Waals surface area (Å²) in [5.41, 5.74) is 2.38. The van der Waals surface area contributed by atoms with Gasteiger partial charge >= 0.3 is 0 Å². The van der Waals surface area contributed by atoms with Crippen LogP contribution in [0, 0.1) is 23.4 Å².